The number of aromatic amines is 1. The van der Waals surface area contributed by atoms with Crippen molar-refractivity contribution in [1.82, 2.24) is 9.97 Å². The number of aromatic nitrogens is 2. The standard InChI is InChI=1S/C28H27ClF3N5O3.ClH/c1-15-20(29)10-7-11-21(15)35-25(39)18-12-16(34-24(38)17-8-5-6-9-19(17)28(30,31)32)13-22-23(18)37-26(36-22)33-14-27(2,3)40-4;/h5-13H,14H2,1-4H3,(H,34,38)(H,35,39)(H2,33,36,37);1H. The molecule has 4 N–H and O–H groups in total. The van der Waals surface area contributed by atoms with Crippen molar-refractivity contribution >= 4 is 64.2 Å². The molecule has 4 aromatic rings. The van der Waals surface area contributed by atoms with Crippen molar-refractivity contribution in [2.24, 2.45) is 0 Å². The van der Waals surface area contributed by atoms with Gasteiger partial charge in [-0.25, -0.2) is 4.98 Å². The molecule has 0 saturated heterocycles. The zero-order valence-electron chi connectivity index (χ0n) is 22.5. The van der Waals surface area contributed by atoms with E-state index in [4.69, 9.17) is 16.3 Å². The van der Waals surface area contributed by atoms with Crippen LogP contribution in [-0.4, -0.2) is 41.0 Å². The Morgan fingerprint density at radius 1 is 1.00 bits per heavy atom. The summed E-state index contributed by atoms with van der Waals surface area (Å²) in [6.45, 7) is 5.88. The van der Waals surface area contributed by atoms with Crippen molar-refractivity contribution in [3.05, 3.63) is 81.9 Å². The summed E-state index contributed by atoms with van der Waals surface area (Å²) in [5.74, 6) is -1.21. The molecule has 0 aliphatic heterocycles. The normalized spacial score (nSPS) is 11.6. The molecule has 3 aromatic carbocycles. The average Bonchev–Trinajstić information content (AvgIpc) is 3.32. The maximum Gasteiger partial charge on any atom is 0.417 e. The number of carbonyl (C=O) groups is 2. The highest BCUT2D eigenvalue weighted by atomic mass is 35.5. The first kappa shape index (κ1) is 31.7. The highest BCUT2D eigenvalue weighted by Gasteiger charge is 2.35. The van der Waals surface area contributed by atoms with Crippen molar-refractivity contribution in [2.75, 3.05) is 29.6 Å². The Morgan fingerprint density at radius 2 is 1.68 bits per heavy atom. The van der Waals surface area contributed by atoms with E-state index >= 15 is 0 Å². The van der Waals surface area contributed by atoms with Crippen molar-refractivity contribution in [1.29, 1.82) is 0 Å². The number of carbonyl (C=O) groups excluding carboxylic acids is 2. The molecule has 218 valence electrons. The number of anilines is 3. The first-order valence-corrected chi connectivity index (χ1v) is 12.5. The summed E-state index contributed by atoms with van der Waals surface area (Å²) in [4.78, 5) is 34.0. The number of hydrogen-bond acceptors (Lipinski definition) is 5. The van der Waals surface area contributed by atoms with Crippen molar-refractivity contribution in [3.63, 3.8) is 0 Å². The fraction of sp³-hybridized carbons (Fsp3) is 0.250. The summed E-state index contributed by atoms with van der Waals surface area (Å²) in [6.07, 6.45) is -4.72. The van der Waals surface area contributed by atoms with Crippen LogP contribution in [0.15, 0.2) is 54.6 Å². The van der Waals surface area contributed by atoms with Crippen LogP contribution in [0.2, 0.25) is 5.02 Å². The second kappa shape index (κ2) is 12.4. The lowest BCUT2D eigenvalue weighted by atomic mass is 10.1. The second-order valence-electron chi connectivity index (χ2n) is 9.69. The molecule has 2 amide bonds. The number of alkyl halides is 3. The van der Waals surface area contributed by atoms with Gasteiger partial charge in [-0.15, -0.1) is 12.4 Å². The number of methoxy groups -OCH3 is 1. The quantitative estimate of drug-likeness (QED) is 0.167. The van der Waals surface area contributed by atoms with Crippen LogP contribution in [0.25, 0.3) is 11.0 Å². The summed E-state index contributed by atoms with van der Waals surface area (Å²) in [5.41, 5.74) is -0.212. The lowest BCUT2D eigenvalue weighted by Crippen LogP contribution is -2.32. The summed E-state index contributed by atoms with van der Waals surface area (Å²) >= 11 is 6.20. The Balaban J connectivity index is 0.00000462. The maximum atomic E-state index is 13.5. The topological polar surface area (TPSA) is 108 Å². The van der Waals surface area contributed by atoms with Gasteiger partial charge < -0.3 is 25.7 Å². The molecule has 0 unspecified atom stereocenters. The Labute approximate surface area is 245 Å². The fourth-order valence-electron chi connectivity index (χ4n) is 3.87. The number of hydrogen-bond donors (Lipinski definition) is 4. The highest BCUT2D eigenvalue weighted by Crippen LogP contribution is 2.33. The van der Waals surface area contributed by atoms with Gasteiger partial charge in [-0.1, -0.05) is 29.8 Å². The Hall–Kier alpha value is -3.80. The third-order valence-electron chi connectivity index (χ3n) is 6.32. The first-order valence-electron chi connectivity index (χ1n) is 12.2. The number of amides is 2. The largest absolute Gasteiger partial charge is 0.417 e. The van der Waals surface area contributed by atoms with Gasteiger partial charge in [0, 0.05) is 30.1 Å². The van der Waals surface area contributed by atoms with Crippen molar-refractivity contribution in [2.45, 2.75) is 32.5 Å². The Morgan fingerprint density at radius 3 is 2.37 bits per heavy atom. The van der Waals surface area contributed by atoms with Crippen LogP contribution in [-0.2, 0) is 10.9 Å². The molecule has 0 saturated carbocycles. The average molecular weight is 610 g/mol. The van der Waals surface area contributed by atoms with E-state index in [0.29, 0.717) is 34.3 Å². The van der Waals surface area contributed by atoms with Gasteiger partial charge in [-0.05, 0) is 62.7 Å². The van der Waals surface area contributed by atoms with E-state index in [2.05, 4.69) is 25.9 Å². The van der Waals surface area contributed by atoms with Crippen LogP contribution >= 0.6 is 24.0 Å². The van der Waals surface area contributed by atoms with Gasteiger partial charge >= 0.3 is 6.18 Å². The molecular formula is C28H28Cl2F3N5O3. The lowest BCUT2D eigenvalue weighted by molar-refractivity contribution is -0.137. The van der Waals surface area contributed by atoms with Gasteiger partial charge in [-0.3, -0.25) is 9.59 Å². The molecule has 0 atom stereocenters. The minimum absolute atomic E-state index is 0. The van der Waals surface area contributed by atoms with E-state index in [1.807, 2.05) is 13.8 Å². The van der Waals surface area contributed by atoms with E-state index in [0.717, 1.165) is 12.1 Å². The molecule has 13 heteroatoms. The SMILES string of the molecule is COC(C)(C)CNc1nc2c(C(=O)Nc3cccc(Cl)c3C)cc(NC(=O)c3ccccc3C(F)(F)F)cc2[nH]1.Cl. The number of rotatable bonds is 8. The van der Waals surface area contributed by atoms with E-state index in [9.17, 15) is 22.8 Å². The lowest BCUT2D eigenvalue weighted by Gasteiger charge is -2.22. The summed E-state index contributed by atoms with van der Waals surface area (Å²) in [7, 11) is 1.58. The van der Waals surface area contributed by atoms with Crippen molar-refractivity contribution < 1.29 is 27.5 Å². The number of H-pyrrole nitrogens is 1. The number of ether oxygens (including phenoxy) is 1. The van der Waals surface area contributed by atoms with Crippen LogP contribution in [0, 0.1) is 6.92 Å². The number of halogens is 5. The molecule has 0 radical (unpaired) electrons. The summed E-state index contributed by atoms with van der Waals surface area (Å²) in [5, 5.41) is 8.86. The van der Waals surface area contributed by atoms with E-state index < -0.39 is 34.7 Å². The van der Waals surface area contributed by atoms with Crippen molar-refractivity contribution in [3.8, 4) is 0 Å². The molecular weight excluding hydrogens is 582 g/mol. The predicted molar refractivity (Wildman–Crippen MR) is 156 cm³/mol. The molecule has 0 aliphatic carbocycles. The Kier molecular flexibility index (Phi) is 9.58. The minimum Gasteiger partial charge on any atom is -0.377 e. The molecule has 1 aromatic heterocycles. The van der Waals surface area contributed by atoms with Gasteiger partial charge in [0.2, 0.25) is 5.95 Å². The molecule has 4 rings (SSSR count). The van der Waals surface area contributed by atoms with E-state index in [-0.39, 0.29) is 29.2 Å². The maximum absolute atomic E-state index is 13.5. The van der Waals surface area contributed by atoms with Gasteiger partial charge in [-0.2, -0.15) is 13.2 Å². The fourth-order valence-corrected chi connectivity index (χ4v) is 4.05. The highest BCUT2D eigenvalue weighted by molar-refractivity contribution is 6.31. The second-order valence-corrected chi connectivity index (χ2v) is 10.1. The molecule has 0 fully saturated rings. The molecule has 8 nitrogen and oxygen atoms in total. The molecule has 41 heavy (non-hydrogen) atoms. The predicted octanol–water partition coefficient (Wildman–Crippen LogP) is 7.31. The van der Waals surface area contributed by atoms with Crippen LogP contribution < -0.4 is 16.0 Å². The van der Waals surface area contributed by atoms with Gasteiger partial charge in [0.25, 0.3) is 11.8 Å². The van der Waals surface area contributed by atoms with Gasteiger partial charge in [0.05, 0.1) is 27.8 Å². The third-order valence-corrected chi connectivity index (χ3v) is 6.73. The van der Waals surface area contributed by atoms with Crippen LogP contribution in [0.5, 0.6) is 0 Å². The molecule has 0 bridgehead atoms. The monoisotopic (exact) mass is 609 g/mol. The summed E-state index contributed by atoms with van der Waals surface area (Å²) in [6, 6.07) is 12.4. The van der Waals surface area contributed by atoms with Crippen LogP contribution in [0.1, 0.15) is 45.7 Å². The van der Waals surface area contributed by atoms with Gasteiger partial charge in [0.1, 0.15) is 5.52 Å². The smallest absolute Gasteiger partial charge is 0.377 e. The minimum atomic E-state index is -4.72. The summed E-state index contributed by atoms with van der Waals surface area (Å²) < 4.78 is 45.9. The molecule has 0 aliphatic rings. The van der Waals surface area contributed by atoms with E-state index in [1.54, 1.807) is 32.2 Å². The number of nitrogens with zero attached hydrogens (tertiary/aromatic N) is 1. The van der Waals surface area contributed by atoms with Crippen LogP contribution in [0.4, 0.5) is 30.5 Å². The zero-order chi connectivity index (χ0) is 29.2. The first-order chi connectivity index (χ1) is 18.8. The van der Waals surface area contributed by atoms with Gasteiger partial charge in [0.15, 0.2) is 0 Å². The van der Waals surface area contributed by atoms with E-state index in [1.165, 1.54) is 24.3 Å². The third kappa shape index (κ3) is 7.29. The Bertz CT molecular complexity index is 1590. The number of benzene rings is 3. The molecule has 0 spiro atoms. The van der Waals surface area contributed by atoms with Crippen LogP contribution in [0.3, 0.4) is 0 Å². The number of fused-ring (bicyclic) bond motifs is 1. The molecule has 1 heterocycles. The zero-order valence-corrected chi connectivity index (χ0v) is 24.1. The number of imidazole rings is 1. The number of nitrogens with one attached hydrogen (secondary N) is 4.